The summed E-state index contributed by atoms with van der Waals surface area (Å²) in [6, 6.07) is 0. The third-order valence-electron chi connectivity index (χ3n) is 4.67. The highest BCUT2D eigenvalue weighted by Crippen LogP contribution is 2.40. The van der Waals surface area contributed by atoms with Crippen molar-refractivity contribution in [1.82, 2.24) is 0 Å². The molecule has 1 N–H and O–H groups in total. The van der Waals surface area contributed by atoms with E-state index in [-0.39, 0.29) is 5.41 Å². The van der Waals surface area contributed by atoms with Gasteiger partial charge in [-0.15, -0.1) is 0 Å². The molecule has 0 aromatic carbocycles. The van der Waals surface area contributed by atoms with Gasteiger partial charge in [0.2, 0.25) is 0 Å². The first-order chi connectivity index (χ1) is 12.7. The first-order valence-electron chi connectivity index (χ1n) is 9.36. The first-order valence-corrected chi connectivity index (χ1v) is 9.36. The summed E-state index contributed by atoms with van der Waals surface area (Å²) in [5, 5.41) is 8.59. The van der Waals surface area contributed by atoms with Gasteiger partial charge >= 0.3 is 5.97 Å². The van der Waals surface area contributed by atoms with E-state index in [1.165, 1.54) is 36.5 Å². The highest BCUT2D eigenvalue weighted by molar-refractivity contribution is 5.87. The zero-order valence-electron chi connectivity index (χ0n) is 17.2. The Hall–Kier alpha value is -2.20. The molecule has 0 aliphatic heterocycles. The van der Waals surface area contributed by atoms with E-state index < -0.39 is 25.0 Å². The fourth-order valence-corrected chi connectivity index (χ4v) is 3.11. The summed E-state index contributed by atoms with van der Waals surface area (Å²) in [4.78, 5) is 22.4. The quantitative estimate of drug-likeness (QED) is 0.383. The van der Waals surface area contributed by atoms with Gasteiger partial charge in [0.05, 0.1) is 0 Å². The van der Waals surface area contributed by atoms with Crippen LogP contribution in [0.5, 0.6) is 0 Å². The molecule has 27 heavy (non-hydrogen) atoms. The Bertz CT molecular complexity index is 700. The van der Waals surface area contributed by atoms with E-state index >= 15 is 0 Å². The predicted octanol–water partition coefficient (Wildman–Crippen LogP) is 4.62. The molecule has 0 fully saturated rings. The lowest BCUT2D eigenvalue weighted by Crippen LogP contribution is -2.19. The summed E-state index contributed by atoms with van der Waals surface area (Å²) in [6.45, 7) is 9.62. The number of hydrogen-bond acceptors (Lipinski definition) is 4. The molecule has 4 heteroatoms. The number of allylic oxidation sites excluding steroid dienone is 9. The SMILES string of the molecule is CC1=C(/C=C/C(C)=C\C=C\C(C)=C/C(=O)OCC(=O)CO)C(C)(C)CCC1. The van der Waals surface area contributed by atoms with Gasteiger partial charge in [0, 0.05) is 6.08 Å². The Kier molecular flexibility index (Phi) is 9.16. The minimum atomic E-state index is -0.624. The second kappa shape index (κ2) is 10.8. The molecule has 0 aromatic heterocycles. The fraction of sp³-hybridized carbons (Fsp3) is 0.478. The summed E-state index contributed by atoms with van der Waals surface area (Å²) in [7, 11) is 0. The number of aliphatic hydroxyl groups excluding tert-OH is 1. The Morgan fingerprint density at radius 2 is 1.89 bits per heavy atom. The largest absolute Gasteiger partial charge is 0.454 e. The molecular weight excluding hydrogens is 340 g/mol. The van der Waals surface area contributed by atoms with Gasteiger partial charge in [-0.1, -0.05) is 55.4 Å². The molecule has 1 aliphatic carbocycles. The van der Waals surface area contributed by atoms with E-state index in [0.29, 0.717) is 0 Å². The molecule has 0 bridgehead atoms. The molecule has 1 rings (SSSR count). The maximum absolute atomic E-state index is 11.5. The topological polar surface area (TPSA) is 63.6 Å². The van der Waals surface area contributed by atoms with E-state index in [4.69, 9.17) is 9.84 Å². The lowest BCUT2D eigenvalue weighted by atomic mass is 9.72. The van der Waals surface area contributed by atoms with Crippen molar-refractivity contribution in [3.8, 4) is 0 Å². The van der Waals surface area contributed by atoms with Crippen LogP contribution in [0.4, 0.5) is 0 Å². The van der Waals surface area contributed by atoms with Crippen LogP contribution in [0.1, 0.15) is 53.9 Å². The molecule has 0 amide bonds. The second-order valence-electron chi connectivity index (χ2n) is 7.73. The minimum Gasteiger partial charge on any atom is -0.454 e. The van der Waals surface area contributed by atoms with Crippen LogP contribution in [0.15, 0.2) is 58.7 Å². The summed E-state index contributed by atoms with van der Waals surface area (Å²) in [5.74, 6) is -1.12. The number of Topliss-reactive ketones (excluding diaryl/α,β-unsaturated/α-hetero) is 1. The van der Waals surface area contributed by atoms with Crippen LogP contribution in [-0.2, 0) is 14.3 Å². The van der Waals surface area contributed by atoms with Crippen molar-refractivity contribution in [3.63, 3.8) is 0 Å². The summed E-state index contributed by atoms with van der Waals surface area (Å²) in [5.41, 5.74) is 4.98. The van der Waals surface area contributed by atoms with Gasteiger partial charge in [0.1, 0.15) is 6.61 Å². The Morgan fingerprint density at radius 3 is 2.52 bits per heavy atom. The molecule has 0 atom stereocenters. The normalized spacial score (nSPS) is 18.4. The third-order valence-corrected chi connectivity index (χ3v) is 4.67. The average Bonchev–Trinajstić information content (AvgIpc) is 2.58. The third kappa shape index (κ3) is 8.35. The zero-order valence-corrected chi connectivity index (χ0v) is 17.2. The minimum absolute atomic E-state index is 0.228. The smallest absolute Gasteiger partial charge is 0.331 e. The van der Waals surface area contributed by atoms with Crippen LogP contribution in [-0.4, -0.2) is 30.1 Å². The summed E-state index contributed by atoms with van der Waals surface area (Å²) < 4.78 is 4.74. The Balaban J connectivity index is 2.66. The van der Waals surface area contributed by atoms with E-state index in [0.717, 1.165) is 11.1 Å². The van der Waals surface area contributed by atoms with E-state index in [1.54, 1.807) is 6.92 Å². The zero-order chi connectivity index (χ0) is 20.4. The molecule has 0 heterocycles. The van der Waals surface area contributed by atoms with Gasteiger partial charge in [0.15, 0.2) is 12.4 Å². The molecule has 0 saturated heterocycles. The van der Waals surface area contributed by atoms with Crippen LogP contribution in [0, 0.1) is 5.41 Å². The van der Waals surface area contributed by atoms with Crippen molar-refractivity contribution < 1.29 is 19.4 Å². The van der Waals surface area contributed by atoms with Crippen molar-refractivity contribution in [2.75, 3.05) is 13.2 Å². The average molecular weight is 373 g/mol. The van der Waals surface area contributed by atoms with Crippen molar-refractivity contribution in [2.24, 2.45) is 5.41 Å². The number of ether oxygens (including phenoxy) is 1. The fourth-order valence-electron chi connectivity index (χ4n) is 3.11. The van der Waals surface area contributed by atoms with Crippen molar-refractivity contribution in [2.45, 2.75) is 53.9 Å². The predicted molar refractivity (Wildman–Crippen MR) is 109 cm³/mol. The standard InChI is InChI=1S/C23H32O4/c1-17(11-12-21-19(3)10-7-13-23(21,4)5)8-6-9-18(2)14-22(26)27-16-20(25)15-24/h6,8-9,11-12,14,24H,7,10,13,15-16H2,1-5H3/b9-6+,12-11+,17-8-,18-14-. The lowest BCUT2D eigenvalue weighted by molar-refractivity contribution is -0.143. The molecule has 0 unspecified atom stereocenters. The summed E-state index contributed by atoms with van der Waals surface area (Å²) in [6.07, 6.45) is 15.0. The van der Waals surface area contributed by atoms with Crippen LogP contribution < -0.4 is 0 Å². The van der Waals surface area contributed by atoms with Crippen LogP contribution >= 0.6 is 0 Å². The first kappa shape index (κ1) is 22.8. The van der Waals surface area contributed by atoms with E-state index in [2.05, 4.69) is 32.9 Å². The lowest BCUT2D eigenvalue weighted by Gasteiger charge is -2.32. The number of hydrogen-bond donors (Lipinski definition) is 1. The summed E-state index contributed by atoms with van der Waals surface area (Å²) >= 11 is 0. The van der Waals surface area contributed by atoms with Gasteiger partial charge < -0.3 is 9.84 Å². The van der Waals surface area contributed by atoms with Gasteiger partial charge in [0.25, 0.3) is 0 Å². The molecule has 1 aliphatic rings. The molecular formula is C23H32O4. The van der Waals surface area contributed by atoms with Crippen molar-refractivity contribution in [1.29, 1.82) is 0 Å². The molecule has 0 aromatic rings. The number of ketones is 1. The van der Waals surface area contributed by atoms with Crippen LogP contribution in [0.25, 0.3) is 0 Å². The Labute approximate surface area is 163 Å². The van der Waals surface area contributed by atoms with Gasteiger partial charge in [-0.05, 0) is 56.6 Å². The number of rotatable bonds is 8. The van der Waals surface area contributed by atoms with E-state index in [9.17, 15) is 9.59 Å². The van der Waals surface area contributed by atoms with Gasteiger partial charge in [-0.25, -0.2) is 4.79 Å². The van der Waals surface area contributed by atoms with Gasteiger partial charge in [-0.3, -0.25) is 4.79 Å². The highest BCUT2D eigenvalue weighted by atomic mass is 16.5. The van der Waals surface area contributed by atoms with Crippen molar-refractivity contribution >= 4 is 11.8 Å². The monoisotopic (exact) mass is 372 g/mol. The Morgan fingerprint density at radius 1 is 1.19 bits per heavy atom. The number of carbonyl (C=O) groups is 2. The molecule has 4 nitrogen and oxygen atoms in total. The highest BCUT2D eigenvalue weighted by Gasteiger charge is 2.26. The molecule has 0 saturated carbocycles. The number of carbonyl (C=O) groups excluding carboxylic acids is 2. The van der Waals surface area contributed by atoms with Crippen LogP contribution in [0.3, 0.4) is 0 Å². The maximum atomic E-state index is 11.5. The second-order valence-corrected chi connectivity index (χ2v) is 7.73. The van der Waals surface area contributed by atoms with E-state index in [1.807, 2.05) is 25.2 Å². The number of esters is 1. The maximum Gasteiger partial charge on any atom is 0.331 e. The van der Waals surface area contributed by atoms with Gasteiger partial charge in [-0.2, -0.15) is 0 Å². The molecule has 0 spiro atoms. The number of aliphatic hydroxyl groups is 1. The van der Waals surface area contributed by atoms with Crippen molar-refractivity contribution in [3.05, 3.63) is 58.7 Å². The molecule has 0 radical (unpaired) electrons. The molecule has 148 valence electrons. The van der Waals surface area contributed by atoms with Crippen LogP contribution in [0.2, 0.25) is 0 Å².